The molecule has 128 valence electrons. The molecule has 1 aliphatic heterocycles. The zero-order chi connectivity index (χ0) is 16.8. The summed E-state index contributed by atoms with van der Waals surface area (Å²) < 4.78 is 5.48. The zero-order valence-electron chi connectivity index (χ0n) is 14.6. The Morgan fingerprint density at radius 3 is 2.52 bits per heavy atom. The summed E-state index contributed by atoms with van der Waals surface area (Å²) in [6.07, 6.45) is 1.64. The van der Waals surface area contributed by atoms with E-state index >= 15 is 0 Å². The minimum Gasteiger partial charge on any atom is -0.475 e. The molecule has 1 atom stereocenters. The summed E-state index contributed by atoms with van der Waals surface area (Å²) in [7, 11) is 2.14. The van der Waals surface area contributed by atoms with E-state index in [9.17, 15) is 4.79 Å². The average molecular weight is 320 g/mol. The molecule has 1 aromatic heterocycles. The third-order valence-corrected chi connectivity index (χ3v) is 4.07. The Morgan fingerprint density at radius 2 is 1.96 bits per heavy atom. The summed E-state index contributed by atoms with van der Waals surface area (Å²) in [6, 6.07) is 3.82. The van der Waals surface area contributed by atoms with Crippen molar-refractivity contribution < 1.29 is 9.53 Å². The molecule has 2 heterocycles. The van der Waals surface area contributed by atoms with Crippen LogP contribution in [0.3, 0.4) is 0 Å². The molecule has 1 N–H and O–H groups in total. The molecule has 1 amide bonds. The van der Waals surface area contributed by atoms with Gasteiger partial charge in [-0.3, -0.25) is 9.69 Å². The van der Waals surface area contributed by atoms with Crippen LogP contribution >= 0.6 is 0 Å². The van der Waals surface area contributed by atoms with Gasteiger partial charge in [0.15, 0.2) is 0 Å². The summed E-state index contributed by atoms with van der Waals surface area (Å²) in [5, 5.41) is 2.99. The number of carbonyl (C=O) groups is 1. The average Bonchev–Trinajstić information content (AvgIpc) is 2.53. The number of likely N-dealkylation sites (N-methyl/N-ethyl adjacent to an activating group) is 1. The molecule has 1 fully saturated rings. The summed E-state index contributed by atoms with van der Waals surface area (Å²) >= 11 is 0. The first-order valence-corrected chi connectivity index (χ1v) is 8.29. The van der Waals surface area contributed by atoms with Gasteiger partial charge in [0, 0.05) is 51.0 Å². The van der Waals surface area contributed by atoms with Gasteiger partial charge in [-0.05, 0) is 33.9 Å². The molecule has 2 rings (SSSR count). The van der Waals surface area contributed by atoms with E-state index in [1.54, 1.807) is 18.3 Å². The van der Waals surface area contributed by atoms with Crippen LogP contribution in [0.4, 0.5) is 0 Å². The highest BCUT2D eigenvalue weighted by atomic mass is 16.5. The van der Waals surface area contributed by atoms with Gasteiger partial charge in [-0.25, -0.2) is 4.98 Å². The van der Waals surface area contributed by atoms with Gasteiger partial charge < -0.3 is 15.0 Å². The predicted molar refractivity (Wildman–Crippen MR) is 90.9 cm³/mol. The van der Waals surface area contributed by atoms with Crippen molar-refractivity contribution in [2.45, 2.75) is 32.9 Å². The Kier molecular flexibility index (Phi) is 6.36. The van der Waals surface area contributed by atoms with Crippen LogP contribution in [0.1, 0.15) is 31.1 Å². The molecule has 0 aliphatic carbocycles. The van der Waals surface area contributed by atoms with Crippen LogP contribution in [0.15, 0.2) is 18.3 Å². The molecule has 0 radical (unpaired) electrons. The monoisotopic (exact) mass is 320 g/mol. The van der Waals surface area contributed by atoms with Crippen LogP contribution in [0.2, 0.25) is 0 Å². The van der Waals surface area contributed by atoms with E-state index in [1.807, 2.05) is 13.8 Å². The van der Waals surface area contributed by atoms with E-state index in [0.717, 1.165) is 26.2 Å². The van der Waals surface area contributed by atoms with Crippen LogP contribution in [-0.4, -0.2) is 72.6 Å². The summed E-state index contributed by atoms with van der Waals surface area (Å²) in [6.45, 7) is 11.0. The number of rotatable bonds is 6. The van der Waals surface area contributed by atoms with Crippen molar-refractivity contribution in [3.63, 3.8) is 0 Å². The lowest BCUT2D eigenvalue weighted by molar-refractivity contribution is 0.0903. The van der Waals surface area contributed by atoms with Crippen LogP contribution in [0.5, 0.6) is 5.88 Å². The second-order valence-electron chi connectivity index (χ2n) is 6.45. The molecule has 1 unspecified atom stereocenters. The molecule has 6 nitrogen and oxygen atoms in total. The molecule has 0 spiro atoms. The quantitative estimate of drug-likeness (QED) is 0.854. The summed E-state index contributed by atoms with van der Waals surface area (Å²) in [5.41, 5.74) is 0.562. The number of hydrogen-bond acceptors (Lipinski definition) is 5. The van der Waals surface area contributed by atoms with Gasteiger partial charge in [0.1, 0.15) is 0 Å². The van der Waals surface area contributed by atoms with E-state index in [0.29, 0.717) is 24.0 Å². The van der Waals surface area contributed by atoms with Crippen molar-refractivity contribution >= 4 is 5.91 Å². The summed E-state index contributed by atoms with van der Waals surface area (Å²) in [4.78, 5) is 21.1. The predicted octanol–water partition coefficient (Wildman–Crippen LogP) is 1.23. The van der Waals surface area contributed by atoms with E-state index in [-0.39, 0.29) is 12.0 Å². The highest BCUT2D eigenvalue weighted by Gasteiger charge is 2.19. The number of pyridine rings is 1. The minimum absolute atomic E-state index is 0.0756. The number of nitrogens with zero attached hydrogens (tertiary/aromatic N) is 3. The molecule has 6 heteroatoms. The van der Waals surface area contributed by atoms with Crippen molar-refractivity contribution in [2.24, 2.45) is 0 Å². The molecule has 0 saturated carbocycles. The number of carbonyl (C=O) groups excluding carboxylic acids is 1. The molecular weight excluding hydrogens is 292 g/mol. The van der Waals surface area contributed by atoms with Gasteiger partial charge in [-0.15, -0.1) is 0 Å². The van der Waals surface area contributed by atoms with Crippen LogP contribution < -0.4 is 10.1 Å². The van der Waals surface area contributed by atoms with E-state index in [2.05, 4.69) is 34.1 Å². The first kappa shape index (κ1) is 17.7. The lowest BCUT2D eigenvalue weighted by atomic mass is 10.2. The van der Waals surface area contributed by atoms with Gasteiger partial charge in [0.05, 0.1) is 11.7 Å². The molecule has 1 aromatic rings. The molecular formula is C17H28N4O2. The lowest BCUT2D eigenvalue weighted by Crippen LogP contribution is -2.51. The second-order valence-corrected chi connectivity index (χ2v) is 6.45. The summed E-state index contributed by atoms with van der Waals surface area (Å²) in [5.74, 6) is 0.455. The second kappa shape index (κ2) is 8.26. The third-order valence-electron chi connectivity index (χ3n) is 4.07. The maximum Gasteiger partial charge on any atom is 0.252 e. The van der Waals surface area contributed by atoms with Gasteiger partial charge in [-0.2, -0.15) is 0 Å². The molecule has 1 aliphatic rings. The highest BCUT2D eigenvalue weighted by molar-refractivity contribution is 5.93. The number of amides is 1. The van der Waals surface area contributed by atoms with Gasteiger partial charge in [0.25, 0.3) is 5.91 Å². The Balaban J connectivity index is 1.80. The maximum absolute atomic E-state index is 12.2. The standard InChI is InChI=1S/C17H28N4O2/c1-13(2)23-16-6-5-15(12-18-16)17(22)19-11-14(3)21-9-7-20(4)8-10-21/h5-6,12-14H,7-11H2,1-4H3,(H,19,22). The van der Waals surface area contributed by atoms with Crippen LogP contribution in [0.25, 0.3) is 0 Å². The highest BCUT2D eigenvalue weighted by Crippen LogP contribution is 2.10. The normalized spacial score (nSPS) is 18.0. The molecule has 23 heavy (non-hydrogen) atoms. The third kappa shape index (κ3) is 5.48. The van der Waals surface area contributed by atoms with E-state index < -0.39 is 0 Å². The topological polar surface area (TPSA) is 57.7 Å². The SMILES string of the molecule is CC(C)Oc1ccc(C(=O)NCC(C)N2CCN(C)CC2)cn1. The number of ether oxygens (including phenoxy) is 1. The smallest absolute Gasteiger partial charge is 0.252 e. The van der Waals surface area contributed by atoms with Crippen molar-refractivity contribution in [2.75, 3.05) is 39.8 Å². The molecule has 0 bridgehead atoms. The Morgan fingerprint density at radius 1 is 1.26 bits per heavy atom. The van der Waals surface area contributed by atoms with Crippen molar-refractivity contribution in [1.29, 1.82) is 0 Å². The van der Waals surface area contributed by atoms with E-state index in [1.165, 1.54) is 0 Å². The maximum atomic E-state index is 12.2. The molecule has 1 saturated heterocycles. The first-order chi connectivity index (χ1) is 11.0. The fourth-order valence-corrected chi connectivity index (χ4v) is 2.56. The number of hydrogen-bond donors (Lipinski definition) is 1. The minimum atomic E-state index is -0.0884. The lowest BCUT2D eigenvalue weighted by Gasteiger charge is -2.36. The van der Waals surface area contributed by atoms with E-state index in [4.69, 9.17) is 4.74 Å². The fraction of sp³-hybridized carbons (Fsp3) is 0.647. The Labute approximate surface area is 138 Å². The van der Waals surface area contributed by atoms with Gasteiger partial charge in [0.2, 0.25) is 5.88 Å². The van der Waals surface area contributed by atoms with Crippen molar-refractivity contribution in [3.8, 4) is 5.88 Å². The number of piperazine rings is 1. The van der Waals surface area contributed by atoms with Gasteiger partial charge in [-0.1, -0.05) is 0 Å². The Hall–Kier alpha value is -1.66. The molecule has 0 aromatic carbocycles. The number of aromatic nitrogens is 1. The van der Waals surface area contributed by atoms with Crippen LogP contribution in [-0.2, 0) is 0 Å². The zero-order valence-corrected chi connectivity index (χ0v) is 14.6. The van der Waals surface area contributed by atoms with Crippen molar-refractivity contribution in [3.05, 3.63) is 23.9 Å². The Bertz CT molecular complexity index is 496. The first-order valence-electron chi connectivity index (χ1n) is 8.29. The van der Waals surface area contributed by atoms with Crippen LogP contribution in [0, 0.1) is 0 Å². The number of nitrogens with one attached hydrogen (secondary N) is 1. The van der Waals surface area contributed by atoms with Crippen molar-refractivity contribution in [1.82, 2.24) is 20.1 Å². The fourth-order valence-electron chi connectivity index (χ4n) is 2.56. The van der Waals surface area contributed by atoms with Gasteiger partial charge >= 0.3 is 0 Å². The largest absolute Gasteiger partial charge is 0.475 e.